The van der Waals surface area contributed by atoms with E-state index in [2.05, 4.69) is 50.3 Å². The third-order valence-corrected chi connectivity index (χ3v) is 3.38. The summed E-state index contributed by atoms with van der Waals surface area (Å²) in [5.41, 5.74) is 2.04. The second kappa shape index (κ2) is 5.01. The number of hydrogen-bond acceptors (Lipinski definition) is 3. The lowest BCUT2D eigenvalue weighted by Gasteiger charge is -2.15. The molecule has 1 N–H and O–H groups in total. The number of halogens is 1. The molecular weight excluding hydrogens is 304 g/mol. The Kier molecular flexibility index (Phi) is 3.21. The van der Waals surface area contributed by atoms with Crippen molar-refractivity contribution in [2.75, 3.05) is 5.32 Å². The molecule has 1 aromatic carbocycles. The molecule has 0 bridgehead atoms. The molecule has 0 aliphatic heterocycles. The number of fused-ring (bicyclic) bond motifs is 1. The SMILES string of the molecule is CC(Nc1nc(Br)cn2ccnc12)c1ccccc1. The first-order chi connectivity index (χ1) is 9.24. The molecule has 1 atom stereocenters. The van der Waals surface area contributed by atoms with Gasteiger partial charge in [-0.15, -0.1) is 0 Å². The number of anilines is 1. The summed E-state index contributed by atoms with van der Waals surface area (Å²) in [4.78, 5) is 8.78. The van der Waals surface area contributed by atoms with Crippen molar-refractivity contribution in [1.82, 2.24) is 14.4 Å². The molecule has 19 heavy (non-hydrogen) atoms. The van der Waals surface area contributed by atoms with Gasteiger partial charge in [-0.1, -0.05) is 30.3 Å². The van der Waals surface area contributed by atoms with Gasteiger partial charge in [0.1, 0.15) is 4.60 Å². The van der Waals surface area contributed by atoms with Crippen molar-refractivity contribution in [3.63, 3.8) is 0 Å². The Bertz CT molecular complexity index is 693. The Morgan fingerprint density at radius 1 is 1.26 bits per heavy atom. The van der Waals surface area contributed by atoms with Gasteiger partial charge in [-0.25, -0.2) is 9.97 Å². The second-order valence-electron chi connectivity index (χ2n) is 4.35. The summed E-state index contributed by atoms with van der Waals surface area (Å²) in [6, 6.07) is 10.4. The standard InChI is InChI=1S/C14H13BrN4/c1-10(11-5-3-2-4-6-11)17-13-14-16-7-8-19(14)9-12(15)18-13/h2-10H,1H3,(H,17,18). The first-order valence-electron chi connectivity index (χ1n) is 6.05. The lowest BCUT2D eigenvalue weighted by Crippen LogP contribution is -2.09. The molecule has 3 aromatic rings. The van der Waals surface area contributed by atoms with Crippen LogP contribution < -0.4 is 5.32 Å². The van der Waals surface area contributed by atoms with E-state index in [1.165, 1.54) is 5.56 Å². The highest BCUT2D eigenvalue weighted by atomic mass is 79.9. The molecule has 0 saturated carbocycles. The van der Waals surface area contributed by atoms with Crippen LogP contribution in [0.1, 0.15) is 18.5 Å². The van der Waals surface area contributed by atoms with Crippen molar-refractivity contribution in [2.45, 2.75) is 13.0 Å². The lowest BCUT2D eigenvalue weighted by molar-refractivity contribution is 0.870. The van der Waals surface area contributed by atoms with E-state index < -0.39 is 0 Å². The molecule has 0 amide bonds. The summed E-state index contributed by atoms with van der Waals surface area (Å²) < 4.78 is 2.72. The third kappa shape index (κ3) is 2.46. The molecule has 5 heteroatoms. The fourth-order valence-corrected chi connectivity index (χ4v) is 2.43. The number of benzene rings is 1. The molecule has 0 saturated heterocycles. The van der Waals surface area contributed by atoms with Gasteiger partial charge in [0.05, 0.1) is 6.04 Å². The Morgan fingerprint density at radius 2 is 2.05 bits per heavy atom. The van der Waals surface area contributed by atoms with Crippen LogP contribution in [0.3, 0.4) is 0 Å². The minimum atomic E-state index is 0.170. The molecule has 0 radical (unpaired) electrons. The Balaban J connectivity index is 1.95. The normalized spacial score (nSPS) is 12.5. The zero-order chi connectivity index (χ0) is 13.2. The summed E-state index contributed by atoms with van der Waals surface area (Å²) in [6.45, 7) is 2.11. The maximum atomic E-state index is 4.46. The quantitative estimate of drug-likeness (QED) is 0.801. The molecule has 2 heterocycles. The van der Waals surface area contributed by atoms with Crippen LogP contribution in [0.5, 0.6) is 0 Å². The first-order valence-corrected chi connectivity index (χ1v) is 6.84. The van der Waals surface area contributed by atoms with Crippen LogP contribution in [0, 0.1) is 0 Å². The molecule has 4 nitrogen and oxygen atoms in total. The van der Waals surface area contributed by atoms with E-state index in [1.54, 1.807) is 6.20 Å². The van der Waals surface area contributed by atoms with Crippen molar-refractivity contribution in [2.24, 2.45) is 0 Å². The predicted octanol–water partition coefficient (Wildman–Crippen LogP) is 3.66. The summed E-state index contributed by atoms with van der Waals surface area (Å²) >= 11 is 3.41. The fourth-order valence-electron chi connectivity index (χ4n) is 2.03. The van der Waals surface area contributed by atoms with Crippen LogP contribution in [0.4, 0.5) is 5.82 Å². The number of rotatable bonds is 3. The monoisotopic (exact) mass is 316 g/mol. The van der Waals surface area contributed by atoms with Gasteiger partial charge in [0.25, 0.3) is 0 Å². The van der Waals surface area contributed by atoms with E-state index in [0.717, 1.165) is 16.1 Å². The average molecular weight is 317 g/mol. The van der Waals surface area contributed by atoms with Gasteiger partial charge in [0.15, 0.2) is 11.5 Å². The largest absolute Gasteiger partial charge is 0.360 e. The van der Waals surface area contributed by atoms with Crippen LogP contribution in [0.15, 0.2) is 53.5 Å². The van der Waals surface area contributed by atoms with Gasteiger partial charge in [-0.3, -0.25) is 0 Å². The van der Waals surface area contributed by atoms with Gasteiger partial charge >= 0.3 is 0 Å². The van der Waals surface area contributed by atoms with Crippen molar-refractivity contribution < 1.29 is 0 Å². The fraction of sp³-hybridized carbons (Fsp3) is 0.143. The topological polar surface area (TPSA) is 42.2 Å². The first kappa shape index (κ1) is 12.2. The van der Waals surface area contributed by atoms with E-state index in [4.69, 9.17) is 0 Å². The molecule has 0 fully saturated rings. The van der Waals surface area contributed by atoms with E-state index in [-0.39, 0.29) is 6.04 Å². The van der Waals surface area contributed by atoms with Crippen LogP contribution >= 0.6 is 15.9 Å². The van der Waals surface area contributed by atoms with Gasteiger partial charge in [0.2, 0.25) is 0 Å². The maximum Gasteiger partial charge on any atom is 0.180 e. The zero-order valence-electron chi connectivity index (χ0n) is 10.4. The van der Waals surface area contributed by atoms with E-state index in [0.29, 0.717) is 0 Å². The molecular formula is C14H13BrN4. The molecule has 96 valence electrons. The molecule has 2 aromatic heterocycles. The van der Waals surface area contributed by atoms with Crippen LogP contribution in [0.2, 0.25) is 0 Å². The predicted molar refractivity (Wildman–Crippen MR) is 79.2 cm³/mol. The van der Waals surface area contributed by atoms with Gasteiger partial charge in [-0.2, -0.15) is 0 Å². The molecule has 1 unspecified atom stereocenters. The highest BCUT2D eigenvalue weighted by Crippen LogP contribution is 2.22. The van der Waals surface area contributed by atoms with Crippen molar-refractivity contribution in [3.8, 4) is 0 Å². The van der Waals surface area contributed by atoms with Crippen LogP contribution in [0.25, 0.3) is 5.65 Å². The molecule has 0 aliphatic carbocycles. The van der Waals surface area contributed by atoms with Gasteiger partial charge in [-0.05, 0) is 28.4 Å². The van der Waals surface area contributed by atoms with Crippen molar-refractivity contribution in [3.05, 3.63) is 59.1 Å². The summed E-state index contributed by atoms with van der Waals surface area (Å²) in [5, 5.41) is 3.40. The van der Waals surface area contributed by atoms with E-state index in [1.807, 2.05) is 35.0 Å². The number of hydrogen-bond donors (Lipinski definition) is 1. The second-order valence-corrected chi connectivity index (χ2v) is 5.16. The number of imidazole rings is 1. The molecule has 0 spiro atoms. The summed E-state index contributed by atoms with van der Waals surface area (Å²) in [5.74, 6) is 0.774. The van der Waals surface area contributed by atoms with Gasteiger partial charge in [0, 0.05) is 18.6 Å². The average Bonchev–Trinajstić information content (AvgIpc) is 2.88. The summed E-state index contributed by atoms with van der Waals surface area (Å²) in [6.07, 6.45) is 5.56. The van der Waals surface area contributed by atoms with Crippen LogP contribution in [-0.4, -0.2) is 14.4 Å². The smallest absolute Gasteiger partial charge is 0.180 e. The van der Waals surface area contributed by atoms with Crippen molar-refractivity contribution >= 4 is 27.4 Å². The van der Waals surface area contributed by atoms with Crippen LogP contribution in [-0.2, 0) is 0 Å². The Hall–Kier alpha value is -1.88. The van der Waals surface area contributed by atoms with Gasteiger partial charge < -0.3 is 9.72 Å². The third-order valence-electron chi connectivity index (χ3n) is 3.00. The minimum absolute atomic E-state index is 0.170. The highest BCUT2D eigenvalue weighted by molar-refractivity contribution is 9.10. The minimum Gasteiger partial charge on any atom is -0.360 e. The van der Waals surface area contributed by atoms with E-state index >= 15 is 0 Å². The molecule has 3 rings (SSSR count). The highest BCUT2D eigenvalue weighted by Gasteiger charge is 2.10. The molecule has 0 aliphatic rings. The van der Waals surface area contributed by atoms with E-state index in [9.17, 15) is 0 Å². The lowest BCUT2D eigenvalue weighted by atomic mass is 10.1. The maximum absolute atomic E-state index is 4.46. The Morgan fingerprint density at radius 3 is 2.84 bits per heavy atom. The number of aromatic nitrogens is 3. The zero-order valence-corrected chi connectivity index (χ0v) is 12.0. The number of nitrogens with one attached hydrogen (secondary N) is 1. The van der Waals surface area contributed by atoms with Crippen molar-refractivity contribution in [1.29, 1.82) is 0 Å². The summed E-state index contributed by atoms with van der Waals surface area (Å²) in [7, 11) is 0. The number of nitrogens with zero attached hydrogens (tertiary/aromatic N) is 3. The Labute approximate surface area is 119 Å².